The third-order valence-electron chi connectivity index (χ3n) is 5.44. The molecule has 0 N–H and O–H groups in total. The normalized spacial score (nSPS) is 18.3. The summed E-state index contributed by atoms with van der Waals surface area (Å²) >= 11 is 0. The fourth-order valence-electron chi connectivity index (χ4n) is 3.78. The van der Waals surface area contributed by atoms with Gasteiger partial charge in [0.05, 0.1) is 23.0 Å². The quantitative estimate of drug-likeness (QED) is 0.399. The van der Waals surface area contributed by atoms with Crippen LogP contribution in [0.25, 0.3) is 0 Å². The molecule has 2 heterocycles. The molecule has 0 atom stereocenters. The van der Waals surface area contributed by atoms with Crippen molar-refractivity contribution in [1.82, 2.24) is 4.90 Å². The third kappa shape index (κ3) is 4.03. The largest absolute Gasteiger partial charge is 0.347 e. The predicted octanol–water partition coefficient (Wildman–Crippen LogP) is 2.55. The third-order valence-corrected chi connectivity index (χ3v) is 7.26. The van der Waals surface area contributed by atoms with Gasteiger partial charge in [0.15, 0.2) is 5.79 Å². The molecule has 164 valence electrons. The van der Waals surface area contributed by atoms with Gasteiger partial charge in [0, 0.05) is 37.6 Å². The Morgan fingerprint density at radius 1 is 1.06 bits per heavy atom. The summed E-state index contributed by atoms with van der Waals surface area (Å²) in [6.45, 7) is 1.71. The number of carbonyl (C=O) groups excluding carboxylic acids is 1. The Balaban J connectivity index is 1.61. The molecular weight excluding hydrogens is 431 g/mol. The number of amides is 1. The lowest BCUT2D eigenvalue weighted by molar-refractivity contribution is -0.387. The molecule has 11 heteroatoms. The Morgan fingerprint density at radius 2 is 1.68 bits per heavy atom. The number of halogens is 1. The second-order valence-electron chi connectivity index (χ2n) is 7.30. The molecule has 2 fully saturated rings. The average Bonchev–Trinajstić information content (AvgIpc) is 3.21. The minimum absolute atomic E-state index is 0.00830. The first-order valence-electron chi connectivity index (χ1n) is 9.58. The Labute approximate surface area is 177 Å². The maximum Gasteiger partial charge on any atom is 0.289 e. The van der Waals surface area contributed by atoms with E-state index in [4.69, 9.17) is 9.47 Å². The lowest BCUT2D eigenvalue weighted by atomic mass is 10.0. The van der Waals surface area contributed by atoms with Crippen molar-refractivity contribution in [2.45, 2.75) is 28.4 Å². The lowest BCUT2D eigenvalue weighted by Crippen LogP contribution is -2.47. The zero-order chi connectivity index (χ0) is 22.2. The summed E-state index contributed by atoms with van der Waals surface area (Å²) in [6.07, 6.45) is 0.968. The van der Waals surface area contributed by atoms with Crippen molar-refractivity contribution < 1.29 is 32.0 Å². The predicted molar refractivity (Wildman–Crippen MR) is 105 cm³/mol. The molecule has 0 aliphatic carbocycles. The highest BCUT2D eigenvalue weighted by atomic mass is 32.2. The molecule has 2 aromatic carbocycles. The van der Waals surface area contributed by atoms with Crippen LogP contribution in [-0.2, 0) is 19.3 Å². The summed E-state index contributed by atoms with van der Waals surface area (Å²) in [6, 6.07) is 7.23. The van der Waals surface area contributed by atoms with Gasteiger partial charge < -0.3 is 14.4 Å². The van der Waals surface area contributed by atoms with E-state index in [0.29, 0.717) is 39.1 Å². The Bertz CT molecular complexity index is 1120. The molecule has 4 rings (SSSR count). The molecule has 1 spiro atoms. The van der Waals surface area contributed by atoms with Gasteiger partial charge in [0.25, 0.3) is 11.6 Å². The second-order valence-corrected chi connectivity index (χ2v) is 9.21. The van der Waals surface area contributed by atoms with Crippen LogP contribution in [0.3, 0.4) is 0 Å². The van der Waals surface area contributed by atoms with Gasteiger partial charge in [-0.2, -0.15) is 0 Å². The van der Waals surface area contributed by atoms with E-state index in [1.807, 2.05) is 0 Å². The first-order chi connectivity index (χ1) is 14.7. The van der Waals surface area contributed by atoms with Crippen LogP contribution in [0.5, 0.6) is 0 Å². The lowest BCUT2D eigenvalue weighted by Gasteiger charge is -2.37. The molecule has 2 aliphatic heterocycles. The van der Waals surface area contributed by atoms with Crippen LogP contribution in [0.15, 0.2) is 52.3 Å². The first kappa shape index (κ1) is 21.3. The molecule has 31 heavy (non-hydrogen) atoms. The second kappa shape index (κ2) is 7.98. The van der Waals surface area contributed by atoms with Crippen LogP contribution in [0.4, 0.5) is 10.1 Å². The molecule has 0 radical (unpaired) electrons. The van der Waals surface area contributed by atoms with E-state index in [0.717, 1.165) is 36.4 Å². The number of sulfone groups is 1. The van der Waals surface area contributed by atoms with Gasteiger partial charge in [-0.1, -0.05) is 0 Å². The van der Waals surface area contributed by atoms with Crippen LogP contribution >= 0.6 is 0 Å². The van der Waals surface area contributed by atoms with Gasteiger partial charge in [0.1, 0.15) is 10.7 Å². The topological polar surface area (TPSA) is 116 Å². The van der Waals surface area contributed by atoms with E-state index in [-0.39, 0.29) is 10.5 Å². The fraction of sp³-hybridized carbons (Fsp3) is 0.350. The number of ether oxygens (including phenoxy) is 2. The van der Waals surface area contributed by atoms with Gasteiger partial charge in [-0.15, -0.1) is 0 Å². The van der Waals surface area contributed by atoms with Crippen molar-refractivity contribution in [3.05, 3.63) is 64.0 Å². The SMILES string of the molecule is O=C(c1ccc(S(=O)(=O)c2ccc(F)cc2)c([N+](=O)[O-])c1)N1CCC2(CC1)OCCO2. The summed E-state index contributed by atoms with van der Waals surface area (Å²) in [5.74, 6) is -1.75. The number of carbonyl (C=O) groups is 1. The number of nitro groups is 1. The Kier molecular flexibility index (Phi) is 5.50. The van der Waals surface area contributed by atoms with Crippen molar-refractivity contribution in [3.63, 3.8) is 0 Å². The number of benzene rings is 2. The molecule has 1 amide bonds. The van der Waals surface area contributed by atoms with Gasteiger partial charge in [0.2, 0.25) is 9.84 Å². The summed E-state index contributed by atoms with van der Waals surface area (Å²) in [4.78, 5) is 24.3. The summed E-state index contributed by atoms with van der Waals surface area (Å²) in [5.41, 5.74) is -0.708. The van der Waals surface area contributed by atoms with E-state index in [1.54, 1.807) is 0 Å². The zero-order valence-corrected chi connectivity index (χ0v) is 17.1. The van der Waals surface area contributed by atoms with E-state index >= 15 is 0 Å². The number of hydrogen-bond acceptors (Lipinski definition) is 7. The molecule has 0 unspecified atom stereocenters. The van der Waals surface area contributed by atoms with Gasteiger partial charge in [-0.25, -0.2) is 12.8 Å². The molecular formula is C20H19FN2O7S. The maximum absolute atomic E-state index is 13.1. The summed E-state index contributed by atoms with van der Waals surface area (Å²) < 4.78 is 50.1. The Morgan fingerprint density at radius 3 is 2.26 bits per heavy atom. The van der Waals surface area contributed by atoms with Crippen LogP contribution in [-0.4, -0.2) is 56.2 Å². The van der Waals surface area contributed by atoms with Crippen molar-refractivity contribution in [2.75, 3.05) is 26.3 Å². The number of rotatable bonds is 4. The maximum atomic E-state index is 13.1. The molecule has 0 bridgehead atoms. The minimum Gasteiger partial charge on any atom is -0.347 e. The molecule has 2 aromatic rings. The fourth-order valence-corrected chi connectivity index (χ4v) is 5.18. The molecule has 0 saturated carbocycles. The highest BCUT2D eigenvalue weighted by Gasteiger charge is 2.41. The Hall–Kier alpha value is -2.89. The number of piperidine rings is 1. The number of hydrogen-bond donors (Lipinski definition) is 0. The standard InChI is InChI=1S/C20H19FN2O7S/c21-15-2-4-16(5-3-15)31(27,28)18-6-1-14(13-17(18)23(25)26)19(24)22-9-7-20(8-10-22)29-11-12-30-20/h1-6,13H,7-12H2. The minimum atomic E-state index is -4.28. The summed E-state index contributed by atoms with van der Waals surface area (Å²) in [7, 11) is -4.28. The molecule has 2 aliphatic rings. The molecule has 0 aromatic heterocycles. The van der Waals surface area contributed by atoms with Gasteiger partial charge in [-0.05, 0) is 36.4 Å². The van der Waals surface area contributed by atoms with Crippen molar-refractivity contribution in [2.24, 2.45) is 0 Å². The highest BCUT2D eigenvalue weighted by Crippen LogP contribution is 2.33. The van der Waals surface area contributed by atoms with Crippen LogP contribution < -0.4 is 0 Å². The highest BCUT2D eigenvalue weighted by molar-refractivity contribution is 7.91. The summed E-state index contributed by atoms with van der Waals surface area (Å²) in [5, 5.41) is 11.6. The average molecular weight is 450 g/mol. The molecule has 9 nitrogen and oxygen atoms in total. The van der Waals surface area contributed by atoms with E-state index in [9.17, 15) is 27.7 Å². The van der Waals surface area contributed by atoms with Gasteiger partial charge >= 0.3 is 0 Å². The number of nitrogens with zero attached hydrogens (tertiary/aromatic N) is 2. The van der Waals surface area contributed by atoms with E-state index in [2.05, 4.69) is 0 Å². The van der Waals surface area contributed by atoms with Crippen LogP contribution in [0.1, 0.15) is 23.2 Å². The van der Waals surface area contributed by atoms with Crippen molar-refractivity contribution >= 4 is 21.4 Å². The zero-order valence-electron chi connectivity index (χ0n) is 16.3. The van der Waals surface area contributed by atoms with E-state index in [1.165, 1.54) is 11.0 Å². The smallest absolute Gasteiger partial charge is 0.289 e. The van der Waals surface area contributed by atoms with Gasteiger partial charge in [-0.3, -0.25) is 14.9 Å². The van der Waals surface area contributed by atoms with E-state index < -0.39 is 42.9 Å². The number of nitro benzene ring substituents is 1. The number of likely N-dealkylation sites (tertiary alicyclic amines) is 1. The first-order valence-corrected chi connectivity index (χ1v) is 11.1. The van der Waals surface area contributed by atoms with Crippen LogP contribution in [0.2, 0.25) is 0 Å². The molecule has 2 saturated heterocycles. The monoisotopic (exact) mass is 450 g/mol. The van der Waals surface area contributed by atoms with Crippen molar-refractivity contribution in [1.29, 1.82) is 0 Å². The van der Waals surface area contributed by atoms with Crippen molar-refractivity contribution in [3.8, 4) is 0 Å². The van der Waals surface area contributed by atoms with Crippen LogP contribution in [0, 0.1) is 15.9 Å².